The van der Waals surface area contributed by atoms with Crippen LogP contribution >= 0.6 is 0 Å². The van der Waals surface area contributed by atoms with Gasteiger partial charge in [0.2, 0.25) is 11.8 Å². The molecule has 4 rings (SSSR count). The summed E-state index contributed by atoms with van der Waals surface area (Å²) < 4.78 is 27.6. The number of halogens is 2. The maximum Gasteiger partial charge on any atom is 0.243 e. The molecule has 6 heteroatoms. The van der Waals surface area contributed by atoms with E-state index in [1.54, 1.807) is 35.2 Å². The normalized spacial score (nSPS) is 25.9. The molecule has 2 fully saturated rings. The van der Waals surface area contributed by atoms with Gasteiger partial charge in [-0.05, 0) is 48.4 Å². The zero-order chi connectivity index (χ0) is 21.4. The van der Waals surface area contributed by atoms with Crippen LogP contribution in [0.25, 0.3) is 0 Å². The van der Waals surface area contributed by atoms with Gasteiger partial charge in [-0.25, -0.2) is 8.78 Å². The molecule has 1 saturated heterocycles. The van der Waals surface area contributed by atoms with Gasteiger partial charge in [0.05, 0.1) is 6.04 Å². The molecule has 0 radical (unpaired) electrons. The Morgan fingerprint density at radius 1 is 1.13 bits per heavy atom. The predicted molar refractivity (Wildman–Crippen MR) is 109 cm³/mol. The van der Waals surface area contributed by atoms with Crippen LogP contribution in [0.1, 0.15) is 49.8 Å². The fourth-order valence-electron chi connectivity index (χ4n) is 4.40. The second-order valence-electron chi connectivity index (χ2n) is 8.72. The van der Waals surface area contributed by atoms with Crippen molar-refractivity contribution in [2.24, 2.45) is 11.8 Å². The van der Waals surface area contributed by atoms with Crippen molar-refractivity contribution in [2.75, 3.05) is 6.54 Å². The van der Waals surface area contributed by atoms with Crippen molar-refractivity contribution in [3.8, 4) is 0 Å². The predicted octanol–water partition coefficient (Wildman–Crippen LogP) is 4.18. The van der Waals surface area contributed by atoms with E-state index >= 15 is 0 Å². The molecule has 0 bridgehead atoms. The maximum absolute atomic E-state index is 14.3. The van der Waals surface area contributed by atoms with Crippen LogP contribution < -0.4 is 5.32 Å². The van der Waals surface area contributed by atoms with Crippen molar-refractivity contribution in [1.29, 1.82) is 0 Å². The summed E-state index contributed by atoms with van der Waals surface area (Å²) in [5.41, 5.74) is 1.32. The van der Waals surface area contributed by atoms with Crippen LogP contribution in [-0.4, -0.2) is 29.3 Å². The molecule has 0 aromatic heterocycles. The van der Waals surface area contributed by atoms with E-state index in [0.717, 1.165) is 5.56 Å². The van der Waals surface area contributed by atoms with Crippen molar-refractivity contribution < 1.29 is 18.4 Å². The van der Waals surface area contributed by atoms with Crippen LogP contribution in [0.2, 0.25) is 0 Å². The van der Waals surface area contributed by atoms with Crippen molar-refractivity contribution in [2.45, 2.75) is 44.7 Å². The van der Waals surface area contributed by atoms with E-state index in [4.69, 9.17) is 0 Å². The third kappa shape index (κ3) is 4.09. The second-order valence-corrected chi connectivity index (χ2v) is 8.72. The molecule has 2 amide bonds. The number of benzene rings is 2. The van der Waals surface area contributed by atoms with Crippen molar-refractivity contribution >= 4 is 11.8 Å². The third-order valence-corrected chi connectivity index (χ3v) is 6.04. The number of hydrogen-bond donors (Lipinski definition) is 1. The Kier molecular flexibility index (Phi) is 5.58. The highest BCUT2D eigenvalue weighted by atomic mass is 19.1. The number of nitrogens with one attached hydrogen (secondary N) is 1. The molecule has 4 unspecified atom stereocenters. The Balaban J connectivity index is 1.57. The zero-order valence-electron chi connectivity index (χ0n) is 17.1. The fraction of sp³-hybridized carbons (Fsp3) is 0.417. The van der Waals surface area contributed by atoms with Gasteiger partial charge in [0.1, 0.15) is 17.7 Å². The Labute approximate surface area is 175 Å². The van der Waals surface area contributed by atoms with E-state index in [2.05, 4.69) is 5.32 Å². The first-order valence-corrected chi connectivity index (χ1v) is 10.5. The summed E-state index contributed by atoms with van der Waals surface area (Å²) in [6, 6.07) is 11.4. The molecule has 4 nitrogen and oxygen atoms in total. The van der Waals surface area contributed by atoms with Crippen LogP contribution in [0, 0.1) is 23.5 Å². The Morgan fingerprint density at radius 3 is 2.50 bits per heavy atom. The molecule has 1 N–H and O–H groups in total. The molecule has 1 aliphatic carbocycles. The minimum Gasteiger partial charge on any atom is -0.346 e. The van der Waals surface area contributed by atoms with Gasteiger partial charge in [-0.15, -0.1) is 0 Å². The van der Waals surface area contributed by atoms with Gasteiger partial charge in [0.15, 0.2) is 0 Å². The van der Waals surface area contributed by atoms with Crippen LogP contribution in [-0.2, 0) is 9.59 Å². The van der Waals surface area contributed by atoms with Crippen LogP contribution in [0.3, 0.4) is 0 Å². The Bertz CT molecular complexity index is 944. The lowest BCUT2D eigenvalue weighted by atomic mass is 9.94. The fourth-order valence-corrected chi connectivity index (χ4v) is 4.40. The highest BCUT2D eigenvalue weighted by Crippen LogP contribution is 2.49. The number of hydrogen-bond acceptors (Lipinski definition) is 2. The van der Waals surface area contributed by atoms with E-state index in [1.807, 2.05) is 13.8 Å². The molecule has 30 heavy (non-hydrogen) atoms. The van der Waals surface area contributed by atoms with Crippen LogP contribution in [0.4, 0.5) is 8.78 Å². The van der Waals surface area contributed by atoms with Gasteiger partial charge in [-0.2, -0.15) is 0 Å². The smallest absolute Gasteiger partial charge is 0.243 e. The van der Waals surface area contributed by atoms with E-state index in [0.29, 0.717) is 18.4 Å². The molecule has 2 aromatic rings. The van der Waals surface area contributed by atoms with Crippen LogP contribution in [0.5, 0.6) is 0 Å². The number of amides is 2. The number of rotatable bonds is 5. The van der Waals surface area contributed by atoms with Crippen molar-refractivity contribution in [1.82, 2.24) is 10.2 Å². The first kappa shape index (κ1) is 20.5. The summed E-state index contributed by atoms with van der Waals surface area (Å²) >= 11 is 0. The Hall–Kier alpha value is -2.76. The number of piperazine rings is 1. The lowest BCUT2D eigenvalue weighted by Crippen LogP contribution is -2.59. The maximum atomic E-state index is 14.3. The highest BCUT2D eigenvalue weighted by molar-refractivity contribution is 5.91. The molecule has 1 saturated carbocycles. The summed E-state index contributed by atoms with van der Waals surface area (Å²) in [6.45, 7) is 4.27. The molecule has 2 aliphatic rings. The summed E-state index contributed by atoms with van der Waals surface area (Å²) in [5, 5.41) is 2.91. The highest BCUT2D eigenvalue weighted by Gasteiger charge is 2.49. The van der Waals surface area contributed by atoms with Gasteiger partial charge in [0, 0.05) is 18.0 Å². The number of carbonyl (C=O) groups excluding carboxylic acids is 2. The van der Waals surface area contributed by atoms with E-state index in [1.165, 1.54) is 18.2 Å². The van der Waals surface area contributed by atoms with Crippen LogP contribution in [0.15, 0.2) is 48.5 Å². The topological polar surface area (TPSA) is 49.4 Å². The lowest BCUT2D eigenvalue weighted by Gasteiger charge is -2.40. The molecule has 1 aliphatic heterocycles. The van der Waals surface area contributed by atoms with Crippen molar-refractivity contribution in [3.05, 3.63) is 71.3 Å². The van der Waals surface area contributed by atoms with Crippen molar-refractivity contribution in [3.63, 3.8) is 0 Å². The van der Waals surface area contributed by atoms with Gasteiger partial charge >= 0.3 is 0 Å². The van der Waals surface area contributed by atoms with E-state index in [-0.39, 0.29) is 41.9 Å². The largest absolute Gasteiger partial charge is 0.346 e. The molecule has 0 spiro atoms. The van der Waals surface area contributed by atoms with E-state index < -0.39 is 17.9 Å². The molecular formula is C24H26F2N2O2. The quantitative estimate of drug-likeness (QED) is 0.801. The minimum absolute atomic E-state index is 0.0368. The van der Waals surface area contributed by atoms with Gasteiger partial charge in [0.25, 0.3) is 0 Å². The zero-order valence-corrected chi connectivity index (χ0v) is 17.1. The van der Waals surface area contributed by atoms with Gasteiger partial charge in [-0.3, -0.25) is 9.59 Å². The summed E-state index contributed by atoms with van der Waals surface area (Å²) in [6.07, 6.45) is 1.23. The monoisotopic (exact) mass is 412 g/mol. The van der Waals surface area contributed by atoms with Gasteiger partial charge in [-0.1, -0.05) is 44.2 Å². The average Bonchev–Trinajstić information content (AvgIpc) is 3.50. The summed E-state index contributed by atoms with van der Waals surface area (Å²) in [5.74, 6) is -0.977. The molecule has 1 heterocycles. The summed E-state index contributed by atoms with van der Waals surface area (Å²) in [7, 11) is 0. The van der Waals surface area contributed by atoms with E-state index in [9.17, 15) is 18.4 Å². The molecule has 4 atom stereocenters. The standard InChI is InChI=1S/C24H26F2N2O2/c1-14(2)11-22-23(29)27-21(17-5-3-4-6-20(17)26)13-28(22)24(30)19-12-18(19)15-7-9-16(25)10-8-15/h3-10,14,18-19,21-22H,11-13H2,1-2H3,(H,27,29). The molecule has 158 valence electrons. The first-order chi connectivity index (χ1) is 14.3. The molecule has 2 aromatic carbocycles. The summed E-state index contributed by atoms with van der Waals surface area (Å²) in [4.78, 5) is 27.9. The number of nitrogens with zero attached hydrogens (tertiary/aromatic N) is 1. The number of carbonyl (C=O) groups is 2. The Morgan fingerprint density at radius 2 is 1.83 bits per heavy atom. The third-order valence-electron chi connectivity index (χ3n) is 6.04. The lowest BCUT2D eigenvalue weighted by molar-refractivity contribution is -0.146. The van der Waals surface area contributed by atoms with Gasteiger partial charge < -0.3 is 10.2 Å². The molecular weight excluding hydrogens is 386 g/mol. The SMILES string of the molecule is CC(C)CC1C(=O)NC(c2ccccc2F)CN1C(=O)C1CC1c1ccc(F)cc1. The average molecular weight is 412 g/mol. The minimum atomic E-state index is -0.575. The second kappa shape index (κ2) is 8.17. The first-order valence-electron chi connectivity index (χ1n) is 10.5.